The third-order valence-electron chi connectivity index (χ3n) is 8.30. The van der Waals surface area contributed by atoms with Gasteiger partial charge in [0.1, 0.15) is 26.1 Å². The van der Waals surface area contributed by atoms with E-state index in [2.05, 4.69) is 29.8 Å². The third kappa shape index (κ3) is 5.91. The Morgan fingerprint density at radius 1 is 1.15 bits per heavy atom. The molecular formula is C26H41Br2NO4. The first-order valence-corrected chi connectivity index (χ1v) is 12.7. The number of fused-ring (bicyclic) bond motifs is 2. The molecule has 1 heterocycles. The Morgan fingerprint density at radius 3 is 2.48 bits per heavy atom. The maximum absolute atomic E-state index is 9.11. The summed E-state index contributed by atoms with van der Waals surface area (Å²) >= 11 is 3.60. The van der Waals surface area contributed by atoms with E-state index in [1.54, 1.807) is 14.2 Å². The van der Waals surface area contributed by atoms with E-state index in [0.29, 0.717) is 55.1 Å². The van der Waals surface area contributed by atoms with Crippen molar-refractivity contribution >= 4 is 15.9 Å². The predicted molar refractivity (Wildman–Crippen MR) is 130 cm³/mol. The SMILES string of the molecule is [2H]C([2H])(OCC[C@H]1CC[C@@H]2C[C@H]1C2(C)C)C([2H])([2H])[N+]1(Cc2cc(OC)c(OC)cc2Br)CCOCC1.[Br-]. The van der Waals surface area contributed by atoms with E-state index in [1.165, 1.54) is 19.3 Å². The second kappa shape index (κ2) is 11.6. The highest BCUT2D eigenvalue weighted by atomic mass is 79.9. The molecule has 188 valence electrons. The lowest BCUT2D eigenvalue weighted by atomic mass is 9.45. The normalized spacial score (nSPS) is 29.9. The smallest absolute Gasteiger partial charge is 0.161 e. The van der Waals surface area contributed by atoms with Gasteiger partial charge in [-0.05, 0) is 61.0 Å². The summed E-state index contributed by atoms with van der Waals surface area (Å²) in [6, 6.07) is 3.64. The lowest BCUT2D eigenvalue weighted by molar-refractivity contribution is -0.947. The van der Waals surface area contributed by atoms with Crippen molar-refractivity contribution in [3.8, 4) is 11.5 Å². The van der Waals surface area contributed by atoms with Crippen LogP contribution in [0.25, 0.3) is 0 Å². The largest absolute Gasteiger partial charge is 1.00 e. The zero-order valence-electron chi connectivity index (χ0n) is 24.3. The molecule has 0 unspecified atom stereocenters. The maximum atomic E-state index is 9.11. The number of hydrogen-bond acceptors (Lipinski definition) is 4. The van der Waals surface area contributed by atoms with Gasteiger partial charge in [0, 0.05) is 16.6 Å². The molecule has 0 aromatic heterocycles. The molecule has 4 aliphatic rings. The van der Waals surface area contributed by atoms with E-state index >= 15 is 0 Å². The van der Waals surface area contributed by atoms with Gasteiger partial charge in [0.05, 0.1) is 39.5 Å². The van der Waals surface area contributed by atoms with Gasteiger partial charge in [-0.25, -0.2) is 0 Å². The summed E-state index contributed by atoms with van der Waals surface area (Å²) in [5.41, 5.74) is 1.19. The highest BCUT2D eigenvalue weighted by Gasteiger charge is 2.53. The van der Waals surface area contributed by atoms with Crippen LogP contribution in [0, 0.1) is 23.2 Å². The van der Waals surface area contributed by atoms with Crippen molar-refractivity contribution in [3.63, 3.8) is 0 Å². The number of methoxy groups -OCH3 is 2. The fourth-order valence-corrected chi connectivity index (χ4v) is 6.49. The van der Waals surface area contributed by atoms with Crippen molar-refractivity contribution < 1.29 is 45.9 Å². The Bertz CT molecular complexity index is 941. The van der Waals surface area contributed by atoms with E-state index in [1.807, 2.05) is 12.1 Å². The van der Waals surface area contributed by atoms with Crippen LogP contribution in [0.2, 0.25) is 0 Å². The van der Waals surface area contributed by atoms with E-state index in [0.717, 1.165) is 22.4 Å². The first kappa shape index (κ1) is 21.9. The van der Waals surface area contributed by atoms with Gasteiger partial charge in [0.15, 0.2) is 11.5 Å². The van der Waals surface area contributed by atoms with E-state index in [-0.39, 0.29) is 34.6 Å². The molecule has 1 saturated heterocycles. The number of benzene rings is 1. The molecule has 0 radical (unpaired) electrons. The van der Waals surface area contributed by atoms with Gasteiger partial charge >= 0.3 is 0 Å². The summed E-state index contributed by atoms with van der Waals surface area (Å²) in [4.78, 5) is 0. The maximum Gasteiger partial charge on any atom is 0.161 e. The Hall–Kier alpha value is -0.340. The molecule has 3 saturated carbocycles. The number of hydrogen-bond donors (Lipinski definition) is 0. The second-order valence-corrected chi connectivity index (χ2v) is 11.1. The molecule has 0 amide bonds. The number of nitrogens with zero attached hydrogens (tertiary/aromatic N) is 1. The monoisotopic (exact) mass is 593 g/mol. The van der Waals surface area contributed by atoms with Crippen LogP contribution in [-0.2, 0) is 16.0 Å². The highest BCUT2D eigenvalue weighted by molar-refractivity contribution is 9.10. The molecule has 1 aromatic carbocycles. The number of halogens is 2. The zero-order valence-corrected chi connectivity index (χ0v) is 23.5. The molecule has 1 aromatic rings. The number of morpholine rings is 1. The van der Waals surface area contributed by atoms with Gasteiger partial charge in [0.2, 0.25) is 0 Å². The van der Waals surface area contributed by atoms with Crippen molar-refractivity contribution in [1.29, 1.82) is 0 Å². The van der Waals surface area contributed by atoms with Crippen molar-refractivity contribution in [1.82, 2.24) is 0 Å². The summed E-state index contributed by atoms with van der Waals surface area (Å²) in [5, 5.41) is 0. The molecule has 7 heteroatoms. The van der Waals surface area contributed by atoms with E-state index in [4.69, 9.17) is 24.4 Å². The molecule has 3 aliphatic carbocycles. The van der Waals surface area contributed by atoms with Crippen LogP contribution in [0.3, 0.4) is 0 Å². The van der Waals surface area contributed by atoms with Gasteiger partial charge in [-0.3, -0.25) is 0 Å². The van der Waals surface area contributed by atoms with Crippen LogP contribution in [0.1, 0.15) is 50.6 Å². The van der Waals surface area contributed by atoms with Gasteiger partial charge in [-0.2, -0.15) is 0 Å². The average Bonchev–Trinajstić information content (AvgIpc) is 2.85. The van der Waals surface area contributed by atoms with Crippen molar-refractivity contribution in [3.05, 3.63) is 22.2 Å². The molecule has 3 atom stereocenters. The summed E-state index contributed by atoms with van der Waals surface area (Å²) in [6.07, 6.45) is 4.46. The number of rotatable bonds is 10. The Kier molecular flexibility index (Phi) is 7.70. The first-order valence-electron chi connectivity index (χ1n) is 13.9. The third-order valence-corrected chi connectivity index (χ3v) is 9.04. The quantitative estimate of drug-likeness (QED) is 0.390. The first-order chi connectivity index (χ1) is 16.9. The molecule has 0 spiro atoms. The fourth-order valence-electron chi connectivity index (χ4n) is 6.04. The second-order valence-electron chi connectivity index (χ2n) is 10.2. The van der Waals surface area contributed by atoms with Gasteiger partial charge in [-0.15, -0.1) is 0 Å². The number of quaternary nitrogens is 1. The van der Waals surface area contributed by atoms with Gasteiger partial charge in [0.25, 0.3) is 0 Å². The van der Waals surface area contributed by atoms with Gasteiger partial charge in [-0.1, -0.05) is 29.8 Å². The summed E-state index contributed by atoms with van der Waals surface area (Å²) in [6.45, 7) is 1.86. The van der Waals surface area contributed by atoms with Crippen LogP contribution in [0.5, 0.6) is 11.5 Å². The standard InChI is InChI=1S/C26H41BrNO4.BrH/c1-26(2)21-6-5-19(22(26)16-21)7-11-31-12-8-28(9-13-32-14-10-28)18-20-15-24(29-3)25(30-4)17-23(20)27;/h15,17,19,21-22H,5-14,16,18H2,1-4H3;1H/q+1;/p-1/t19-,21-,22-;/m1./s1/i8D2,12D2;. The molecular weight excluding hydrogens is 550 g/mol. The molecule has 0 N–H and O–H groups in total. The number of ether oxygens (including phenoxy) is 4. The van der Waals surface area contributed by atoms with Crippen molar-refractivity contribution in [2.75, 3.05) is 60.2 Å². The van der Waals surface area contributed by atoms with E-state index in [9.17, 15) is 0 Å². The van der Waals surface area contributed by atoms with Crippen LogP contribution in [-0.4, -0.2) is 64.7 Å². The lowest BCUT2D eigenvalue weighted by Crippen LogP contribution is -3.00. The molecule has 2 bridgehead atoms. The highest BCUT2D eigenvalue weighted by Crippen LogP contribution is 2.61. The molecule has 5 nitrogen and oxygen atoms in total. The molecule has 1 aliphatic heterocycles. The van der Waals surface area contributed by atoms with Crippen LogP contribution < -0.4 is 26.5 Å². The Morgan fingerprint density at radius 2 is 1.85 bits per heavy atom. The predicted octanol–water partition coefficient (Wildman–Crippen LogP) is 2.30. The van der Waals surface area contributed by atoms with Crippen molar-refractivity contribution in [2.24, 2.45) is 23.2 Å². The summed E-state index contributed by atoms with van der Waals surface area (Å²) in [5.74, 6) is 3.15. The molecule has 4 fully saturated rings. The Labute approximate surface area is 224 Å². The topological polar surface area (TPSA) is 36.9 Å². The summed E-state index contributed by atoms with van der Waals surface area (Å²) in [7, 11) is 3.14. The zero-order chi connectivity index (χ0) is 26.4. The minimum Gasteiger partial charge on any atom is -1.00 e. The van der Waals surface area contributed by atoms with Crippen LogP contribution in [0.4, 0.5) is 0 Å². The Balaban J connectivity index is 0.00000380. The van der Waals surface area contributed by atoms with Crippen LogP contribution in [0.15, 0.2) is 16.6 Å². The van der Waals surface area contributed by atoms with Gasteiger partial charge < -0.3 is 40.4 Å². The minimum absolute atomic E-state index is 0. The molecule has 5 rings (SSSR count). The summed E-state index contributed by atoms with van der Waals surface area (Å²) < 4.78 is 58.6. The van der Waals surface area contributed by atoms with E-state index < -0.39 is 13.1 Å². The lowest BCUT2D eigenvalue weighted by Gasteiger charge is -2.60. The molecule has 33 heavy (non-hydrogen) atoms. The fraction of sp³-hybridized carbons (Fsp3) is 0.769. The minimum atomic E-state index is -2.46. The average molecular weight is 595 g/mol. The van der Waals surface area contributed by atoms with Crippen molar-refractivity contribution in [2.45, 2.75) is 46.1 Å². The van der Waals surface area contributed by atoms with Crippen LogP contribution >= 0.6 is 15.9 Å².